The minimum absolute atomic E-state index is 0.514. The maximum absolute atomic E-state index is 4.58. The Balaban J connectivity index is 0.000000146. The molecule has 194 valence electrons. The van der Waals surface area contributed by atoms with Crippen LogP contribution in [0.2, 0.25) is 0 Å². The van der Waals surface area contributed by atoms with Crippen molar-refractivity contribution in [2.24, 2.45) is 7.05 Å². The van der Waals surface area contributed by atoms with Crippen molar-refractivity contribution in [3.63, 3.8) is 0 Å². The summed E-state index contributed by atoms with van der Waals surface area (Å²) >= 11 is 0. The predicted molar refractivity (Wildman–Crippen MR) is 148 cm³/mol. The molecule has 0 atom stereocenters. The van der Waals surface area contributed by atoms with Crippen molar-refractivity contribution in [3.8, 4) is 22.3 Å². The van der Waals surface area contributed by atoms with E-state index in [1.54, 1.807) is 10.9 Å². The smallest absolute Gasteiger partial charge is 0.136 e. The first-order chi connectivity index (χ1) is 18.6. The Kier molecular flexibility index (Phi) is 6.47. The summed E-state index contributed by atoms with van der Waals surface area (Å²) in [5, 5.41) is 15.7. The number of likely N-dealkylation sites (tertiary alicyclic amines) is 1. The Bertz CT molecular complexity index is 1660. The zero-order chi connectivity index (χ0) is 26.1. The van der Waals surface area contributed by atoms with Crippen LogP contribution < -0.4 is 0 Å². The van der Waals surface area contributed by atoms with Crippen molar-refractivity contribution in [1.82, 2.24) is 49.0 Å². The summed E-state index contributed by atoms with van der Waals surface area (Å²) in [4.78, 5) is 11.2. The SMILES string of the molecule is CCN1CCC(n2cc(-c3cnc4cn[nH]c4c3)cn2)CC1.Cc1cnc2ccc(-c3cnn(C)c3)cn12. The number of aromatic nitrogens is 9. The van der Waals surface area contributed by atoms with Crippen LogP contribution in [-0.4, -0.2) is 68.7 Å². The lowest BCUT2D eigenvalue weighted by molar-refractivity contribution is 0.187. The molecule has 0 spiro atoms. The summed E-state index contributed by atoms with van der Waals surface area (Å²) in [5.74, 6) is 0. The van der Waals surface area contributed by atoms with Crippen LogP contribution in [-0.2, 0) is 7.05 Å². The van der Waals surface area contributed by atoms with E-state index in [9.17, 15) is 0 Å². The molecular weight excluding hydrogens is 476 g/mol. The first-order valence-corrected chi connectivity index (χ1v) is 13.1. The van der Waals surface area contributed by atoms with Crippen LogP contribution in [0.25, 0.3) is 38.9 Å². The van der Waals surface area contributed by atoms with E-state index in [1.807, 2.05) is 51.0 Å². The lowest BCUT2D eigenvalue weighted by atomic mass is 10.1. The second-order valence-corrected chi connectivity index (χ2v) is 9.85. The van der Waals surface area contributed by atoms with Crippen LogP contribution in [0, 0.1) is 6.92 Å². The van der Waals surface area contributed by atoms with Crippen molar-refractivity contribution in [1.29, 1.82) is 0 Å². The number of aryl methyl sites for hydroxylation is 2. The number of hydrogen-bond donors (Lipinski definition) is 1. The van der Waals surface area contributed by atoms with Gasteiger partial charge in [-0.2, -0.15) is 15.3 Å². The molecule has 1 aliphatic heterocycles. The minimum Gasteiger partial charge on any atom is -0.304 e. The molecule has 10 nitrogen and oxygen atoms in total. The van der Waals surface area contributed by atoms with E-state index in [4.69, 9.17) is 0 Å². The highest BCUT2D eigenvalue weighted by Crippen LogP contribution is 2.26. The van der Waals surface area contributed by atoms with E-state index in [0.717, 1.165) is 64.3 Å². The normalized spacial score (nSPS) is 14.7. The number of H-pyrrole nitrogens is 1. The second-order valence-electron chi connectivity index (χ2n) is 9.85. The highest BCUT2D eigenvalue weighted by atomic mass is 15.3. The topological polar surface area (TPSA) is 97.8 Å². The predicted octanol–water partition coefficient (Wildman–Crippen LogP) is 4.52. The second kappa shape index (κ2) is 10.2. The summed E-state index contributed by atoms with van der Waals surface area (Å²) in [5.41, 5.74) is 8.44. The van der Waals surface area contributed by atoms with Gasteiger partial charge in [0.1, 0.15) is 11.2 Å². The van der Waals surface area contributed by atoms with Crippen molar-refractivity contribution >= 4 is 16.7 Å². The summed E-state index contributed by atoms with van der Waals surface area (Å²) in [6, 6.07) is 6.69. The molecule has 6 aromatic heterocycles. The highest BCUT2D eigenvalue weighted by molar-refractivity contribution is 5.79. The van der Waals surface area contributed by atoms with E-state index in [0.29, 0.717) is 6.04 Å². The third-order valence-corrected chi connectivity index (χ3v) is 7.33. The van der Waals surface area contributed by atoms with Crippen LogP contribution in [0.1, 0.15) is 31.5 Å². The first kappa shape index (κ1) is 24.1. The van der Waals surface area contributed by atoms with Gasteiger partial charge in [-0.3, -0.25) is 19.4 Å². The molecule has 6 aromatic rings. The van der Waals surface area contributed by atoms with Gasteiger partial charge in [-0.25, -0.2) is 4.98 Å². The van der Waals surface area contributed by atoms with E-state index >= 15 is 0 Å². The van der Waals surface area contributed by atoms with E-state index in [2.05, 4.69) is 75.8 Å². The maximum Gasteiger partial charge on any atom is 0.136 e. The van der Waals surface area contributed by atoms with Gasteiger partial charge in [-0.15, -0.1) is 0 Å². The first-order valence-electron chi connectivity index (χ1n) is 13.1. The van der Waals surface area contributed by atoms with Gasteiger partial charge in [0, 0.05) is 79.1 Å². The molecule has 38 heavy (non-hydrogen) atoms. The van der Waals surface area contributed by atoms with Crippen LogP contribution in [0.5, 0.6) is 0 Å². The third-order valence-electron chi connectivity index (χ3n) is 7.33. The zero-order valence-corrected chi connectivity index (χ0v) is 22.0. The molecular formula is C28H32N10. The van der Waals surface area contributed by atoms with Crippen molar-refractivity contribution < 1.29 is 0 Å². The largest absolute Gasteiger partial charge is 0.304 e. The average molecular weight is 509 g/mol. The third kappa shape index (κ3) is 4.82. The Labute approximate surface area is 220 Å². The van der Waals surface area contributed by atoms with Gasteiger partial charge in [0.15, 0.2) is 0 Å². The lowest BCUT2D eigenvalue weighted by Gasteiger charge is -2.31. The lowest BCUT2D eigenvalue weighted by Crippen LogP contribution is -2.34. The van der Waals surface area contributed by atoms with Crippen LogP contribution >= 0.6 is 0 Å². The Morgan fingerprint density at radius 1 is 0.868 bits per heavy atom. The molecule has 0 unspecified atom stereocenters. The van der Waals surface area contributed by atoms with Gasteiger partial charge in [-0.05, 0) is 44.5 Å². The van der Waals surface area contributed by atoms with Gasteiger partial charge in [0.05, 0.1) is 30.1 Å². The Morgan fingerprint density at radius 3 is 2.47 bits per heavy atom. The number of aromatic amines is 1. The maximum atomic E-state index is 4.58. The van der Waals surface area contributed by atoms with Crippen molar-refractivity contribution in [3.05, 3.63) is 73.5 Å². The number of pyridine rings is 2. The summed E-state index contributed by atoms with van der Waals surface area (Å²) < 4.78 is 6.02. The Morgan fingerprint density at radius 2 is 1.68 bits per heavy atom. The molecule has 0 amide bonds. The van der Waals surface area contributed by atoms with Crippen molar-refractivity contribution in [2.75, 3.05) is 19.6 Å². The molecule has 0 aliphatic carbocycles. The van der Waals surface area contributed by atoms with Crippen LogP contribution in [0.15, 0.2) is 67.8 Å². The summed E-state index contributed by atoms with van der Waals surface area (Å²) in [7, 11) is 1.92. The van der Waals surface area contributed by atoms with Gasteiger partial charge >= 0.3 is 0 Å². The molecule has 7 rings (SSSR count). The quantitative estimate of drug-likeness (QED) is 0.376. The molecule has 0 saturated carbocycles. The molecule has 1 saturated heterocycles. The fraction of sp³-hybridized carbons (Fsp3) is 0.321. The number of nitrogens with zero attached hydrogens (tertiary/aromatic N) is 9. The molecule has 1 fully saturated rings. The molecule has 10 heteroatoms. The zero-order valence-electron chi connectivity index (χ0n) is 22.0. The number of imidazole rings is 1. The van der Waals surface area contributed by atoms with Crippen LogP contribution in [0.3, 0.4) is 0 Å². The van der Waals surface area contributed by atoms with E-state index in [-0.39, 0.29) is 0 Å². The highest BCUT2D eigenvalue weighted by Gasteiger charge is 2.20. The van der Waals surface area contributed by atoms with Gasteiger partial charge in [-0.1, -0.05) is 6.92 Å². The molecule has 1 N–H and O–H groups in total. The number of hydrogen-bond acceptors (Lipinski definition) is 6. The van der Waals surface area contributed by atoms with E-state index < -0.39 is 0 Å². The molecule has 0 bridgehead atoms. The van der Waals surface area contributed by atoms with Crippen LogP contribution in [0.4, 0.5) is 0 Å². The molecule has 1 aliphatic rings. The molecule has 7 heterocycles. The Hall–Kier alpha value is -4.31. The fourth-order valence-corrected chi connectivity index (χ4v) is 5.02. The van der Waals surface area contributed by atoms with Crippen molar-refractivity contribution in [2.45, 2.75) is 32.7 Å². The summed E-state index contributed by atoms with van der Waals surface area (Å²) in [6.07, 6.45) is 17.9. The standard InChI is InChI=1S/C16H20N6.C12H12N4/c1-2-21-5-3-14(4-6-21)22-11-13(9-19-22)12-7-15-16(17-8-12)10-18-20-15;1-9-5-13-12-4-3-10(8-16(9)12)11-6-14-15(2)7-11/h7-11,14H,2-6H2,1H3,(H,18,20);3-8H,1-2H3. The summed E-state index contributed by atoms with van der Waals surface area (Å²) in [6.45, 7) is 7.75. The average Bonchev–Trinajstić information content (AvgIpc) is 3.76. The van der Waals surface area contributed by atoms with Gasteiger partial charge in [0.2, 0.25) is 0 Å². The van der Waals surface area contributed by atoms with E-state index in [1.165, 1.54) is 12.8 Å². The number of nitrogens with one attached hydrogen (secondary N) is 1. The molecule has 0 radical (unpaired) electrons. The monoisotopic (exact) mass is 508 g/mol. The number of piperidine rings is 1. The number of fused-ring (bicyclic) bond motifs is 2. The van der Waals surface area contributed by atoms with Gasteiger partial charge < -0.3 is 9.30 Å². The minimum atomic E-state index is 0.514. The van der Waals surface area contributed by atoms with Gasteiger partial charge in [0.25, 0.3) is 0 Å². The fourth-order valence-electron chi connectivity index (χ4n) is 5.02. The molecule has 0 aromatic carbocycles. The number of rotatable bonds is 4.